The number of rotatable bonds is 8. The number of anilines is 1. The number of benzene rings is 2. The van der Waals surface area contributed by atoms with Crippen molar-refractivity contribution in [1.29, 1.82) is 0 Å². The van der Waals surface area contributed by atoms with Crippen LogP contribution in [0, 0.1) is 17.8 Å². The fourth-order valence-corrected chi connectivity index (χ4v) is 8.63. The van der Waals surface area contributed by atoms with Crippen molar-refractivity contribution in [3.63, 3.8) is 0 Å². The lowest BCUT2D eigenvalue weighted by Crippen LogP contribution is -2.53. The SMILES string of the molecule is C[C@@H]1Cc2nccc(OC[C@H](C)C[C@H]3Cc4ccccc4C34CCC(Nc3cccc(Cl)c3)(C(=O)O)CC4)c2[C@@H](C)C1. The lowest BCUT2D eigenvalue weighted by atomic mass is 9.59. The normalized spacial score (nSPS) is 29.0. The summed E-state index contributed by atoms with van der Waals surface area (Å²) in [6, 6.07) is 18.3. The Morgan fingerprint density at radius 1 is 1.10 bits per heavy atom. The van der Waals surface area contributed by atoms with Gasteiger partial charge in [-0.25, -0.2) is 4.79 Å². The fraction of sp³-hybridized carbons (Fsp3) is 0.500. The van der Waals surface area contributed by atoms with Crippen LogP contribution >= 0.6 is 11.6 Å². The average molecular weight is 587 g/mol. The van der Waals surface area contributed by atoms with Crippen LogP contribution in [0.4, 0.5) is 5.69 Å². The van der Waals surface area contributed by atoms with Crippen LogP contribution < -0.4 is 10.1 Å². The van der Waals surface area contributed by atoms with Gasteiger partial charge in [-0.15, -0.1) is 0 Å². The minimum absolute atomic E-state index is 0.0136. The number of carboxylic acids is 1. The van der Waals surface area contributed by atoms with E-state index in [4.69, 9.17) is 21.3 Å². The molecular formula is C36H43ClN2O3. The van der Waals surface area contributed by atoms with E-state index in [9.17, 15) is 9.90 Å². The van der Waals surface area contributed by atoms with E-state index in [1.54, 1.807) is 0 Å². The first-order valence-corrected chi connectivity index (χ1v) is 16.0. The number of carbonyl (C=O) groups is 1. The van der Waals surface area contributed by atoms with Crippen molar-refractivity contribution in [3.05, 3.63) is 88.2 Å². The molecule has 6 rings (SSSR count). The number of nitrogens with zero attached hydrogens (tertiary/aromatic N) is 1. The van der Waals surface area contributed by atoms with Gasteiger partial charge in [0, 0.05) is 28.2 Å². The zero-order valence-electron chi connectivity index (χ0n) is 25.0. The topological polar surface area (TPSA) is 71.5 Å². The van der Waals surface area contributed by atoms with Crippen molar-refractivity contribution in [2.24, 2.45) is 17.8 Å². The van der Waals surface area contributed by atoms with Crippen LogP contribution in [-0.2, 0) is 23.1 Å². The highest BCUT2D eigenvalue weighted by molar-refractivity contribution is 6.30. The van der Waals surface area contributed by atoms with Gasteiger partial charge in [-0.2, -0.15) is 0 Å². The summed E-state index contributed by atoms with van der Waals surface area (Å²) in [5.41, 5.74) is 5.10. The Labute approximate surface area is 255 Å². The molecule has 6 heteroatoms. The molecular weight excluding hydrogens is 544 g/mol. The zero-order chi connectivity index (χ0) is 29.5. The molecule has 1 aromatic heterocycles. The molecule has 1 fully saturated rings. The molecule has 0 bridgehead atoms. The number of halogens is 1. The number of carboxylic acid groups (broad SMARTS) is 1. The van der Waals surface area contributed by atoms with E-state index in [0.717, 1.165) is 43.5 Å². The molecule has 3 aliphatic rings. The molecule has 0 unspecified atom stereocenters. The summed E-state index contributed by atoms with van der Waals surface area (Å²) in [6.07, 6.45) is 9.04. The molecule has 1 spiro atoms. The molecule has 2 N–H and O–H groups in total. The summed E-state index contributed by atoms with van der Waals surface area (Å²) in [6.45, 7) is 7.59. The number of aliphatic carboxylic acids is 1. The third-order valence-corrected chi connectivity index (χ3v) is 10.7. The smallest absolute Gasteiger partial charge is 0.329 e. The maximum absolute atomic E-state index is 12.7. The highest BCUT2D eigenvalue weighted by Gasteiger charge is 2.54. The van der Waals surface area contributed by atoms with Gasteiger partial charge in [0.15, 0.2) is 0 Å². The fourth-order valence-electron chi connectivity index (χ4n) is 8.44. The van der Waals surface area contributed by atoms with Crippen LogP contribution in [0.15, 0.2) is 60.8 Å². The predicted molar refractivity (Wildman–Crippen MR) is 169 cm³/mol. The van der Waals surface area contributed by atoms with Crippen LogP contribution in [0.1, 0.15) is 87.6 Å². The highest BCUT2D eigenvalue weighted by Crippen LogP contribution is 2.56. The number of hydrogen-bond donors (Lipinski definition) is 2. The van der Waals surface area contributed by atoms with Gasteiger partial charge in [0.2, 0.25) is 0 Å². The Morgan fingerprint density at radius 2 is 1.88 bits per heavy atom. The van der Waals surface area contributed by atoms with E-state index >= 15 is 0 Å². The summed E-state index contributed by atoms with van der Waals surface area (Å²) in [5.74, 6) is 2.17. The molecule has 4 atom stereocenters. The minimum Gasteiger partial charge on any atom is -0.493 e. The second-order valence-corrected chi connectivity index (χ2v) is 13.9. The minimum atomic E-state index is -0.999. The predicted octanol–water partition coefficient (Wildman–Crippen LogP) is 8.45. The monoisotopic (exact) mass is 586 g/mol. The lowest BCUT2D eigenvalue weighted by Gasteiger charge is -2.47. The van der Waals surface area contributed by atoms with Crippen LogP contribution in [0.2, 0.25) is 5.02 Å². The van der Waals surface area contributed by atoms with Gasteiger partial charge in [0.1, 0.15) is 11.3 Å². The summed E-state index contributed by atoms with van der Waals surface area (Å²) in [5, 5.41) is 14.4. The molecule has 42 heavy (non-hydrogen) atoms. The maximum Gasteiger partial charge on any atom is 0.329 e. The molecule has 3 aliphatic carbocycles. The van der Waals surface area contributed by atoms with Crippen molar-refractivity contribution in [1.82, 2.24) is 4.98 Å². The van der Waals surface area contributed by atoms with Gasteiger partial charge in [0.25, 0.3) is 0 Å². The molecule has 222 valence electrons. The first-order chi connectivity index (χ1) is 20.2. The van der Waals surface area contributed by atoms with Gasteiger partial charge in [-0.1, -0.05) is 62.7 Å². The van der Waals surface area contributed by atoms with Crippen LogP contribution in [-0.4, -0.2) is 28.2 Å². The third-order valence-electron chi connectivity index (χ3n) is 10.4. The number of nitrogens with one attached hydrogen (secondary N) is 1. The number of hydrogen-bond acceptors (Lipinski definition) is 4. The second kappa shape index (κ2) is 11.6. The Kier molecular flexibility index (Phi) is 7.99. The molecule has 3 aromatic rings. The standard InChI is InChI=1S/C36H43ClN2O3/c1-23-17-25(3)33-31(19-23)38-16-11-32(33)42-22-24(2)18-27-20-26-7-4-5-10-30(26)35(27)12-14-36(15-13-35,34(40)41)39-29-9-6-8-28(37)21-29/h4-11,16,21,23-25,27,39H,12-15,17-20,22H2,1-3H3,(H,40,41)/t23-,24+,25-,27-,35?,36?/m0/s1. The first-order valence-electron chi connectivity index (χ1n) is 15.7. The van der Waals surface area contributed by atoms with E-state index in [0.29, 0.717) is 48.1 Å². The Balaban J connectivity index is 1.19. The van der Waals surface area contributed by atoms with E-state index in [1.807, 2.05) is 36.5 Å². The highest BCUT2D eigenvalue weighted by atomic mass is 35.5. The zero-order valence-corrected chi connectivity index (χ0v) is 25.8. The third kappa shape index (κ3) is 5.41. The Hall–Kier alpha value is -3.05. The number of pyridine rings is 1. The van der Waals surface area contributed by atoms with Crippen LogP contribution in [0.5, 0.6) is 5.75 Å². The Morgan fingerprint density at radius 3 is 2.64 bits per heavy atom. The van der Waals surface area contributed by atoms with Crippen molar-refractivity contribution in [2.45, 2.75) is 89.0 Å². The van der Waals surface area contributed by atoms with Crippen molar-refractivity contribution in [2.75, 3.05) is 11.9 Å². The first kappa shape index (κ1) is 29.0. The van der Waals surface area contributed by atoms with Gasteiger partial charge in [-0.3, -0.25) is 4.98 Å². The lowest BCUT2D eigenvalue weighted by molar-refractivity contribution is -0.144. The molecule has 0 radical (unpaired) electrons. The summed E-state index contributed by atoms with van der Waals surface area (Å²) < 4.78 is 6.54. The number of aromatic nitrogens is 1. The maximum atomic E-state index is 12.7. The largest absolute Gasteiger partial charge is 0.493 e. The van der Waals surface area contributed by atoms with E-state index in [-0.39, 0.29) is 5.41 Å². The summed E-state index contributed by atoms with van der Waals surface area (Å²) in [4.78, 5) is 17.4. The van der Waals surface area contributed by atoms with Crippen LogP contribution in [0.3, 0.4) is 0 Å². The van der Waals surface area contributed by atoms with Gasteiger partial charge in [-0.05, 0) is 116 Å². The second-order valence-electron chi connectivity index (χ2n) is 13.5. The molecule has 0 amide bonds. The van der Waals surface area contributed by atoms with Crippen LogP contribution in [0.25, 0.3) is 0 Å². The quantitative estimate of drug-likeness (QED) is 0.277. The van der Waals surface area contributed by atoms with Crippen molar-refractivity contribution >= 4 is 23.3 Å². The van der Waals surface area contributed by atoms with Gasteiger partial charge < -0.3 is 15.2 Å². The van der Waals surface area contributed by atoms with Crippen molar-refractivity contribution in [3.8, 4) is 5.75 Å². The molecule has 5 nitrogen and oxygen atoms in total. The molecule has 0 saturated heterocycles. The molecule has 1 saturated carbocycles. The van der Waals surface area contributed by atoms with Gasteiger partial charge in [0.05, 0.1) is 6.61 Å². The molecule has 0 aliphatic heterocycles. The van der Waals surface area contributed by atoms with E-state index in [2.05, 4.69) is 50.4 Å². The van der Waals surface area contributed by atoms with Gasteiger partial charge >= 0.3 is 5.97 Å². The summed E-state index contributed by atoms with van der Waals surface area (Å²) >= 11 is 6.22. The summed E-state index contributed by atoms with van der Waals surface area (Å²) in [7, 11) is 0. The molecule has 2 aromatic carbocycles. The van der Waals surface area contributed by atoms with Crippen molar-refractivity contribution < 1.29 is 14.6 Å². The van der Waals surface area contributed by atoms with E-state index in [1.165, 1.54) is 28.8 Å². The number of ether oxygens (including phenoxy) is 1. The number of fused-ring (bicyclic) bond motifs is 3. The molecule has 1 heterocycles. The average Bonchev–Trinajstić information content (AvgIpc) is 3.25. The van der Waals surface area contributed by atoms with E-state index < -0.39 is 11.5 Å². The Bertz CT molecular complexity index is 1450.